The van der Waals surface area contributed by atoms with Gasteiger partial charge in [0.15, 0.2) is 0 Å². The van der Waals surface area contributed by atoms with Gasteiger partial charge in [-0.1, -0.05) is 19.8 Å². The maximum absolute atomic E-state index is 12.6. The van der Waals surface area contributed by atoms with Gasteiger partial charge in [0.2, 0.25) is 15.9 Å². The summed E-state index contributed by atoms with van der Waals surface area (Å²) in [5, 5.41) is 6.33. The normalized spacial score (nSPS) is 25.3. The van der Waals surface area contributed by atoms with Gasteiger partial charge in [0.05, 0.1) is 10.9 Å². The van der Waals surface area contributed by atoms with Crippen molar-refractivity contribution in [1.29, 1.82) is 0 Å². The van der Waals surface area contributed by atoms with Crippen LogP contribution in [0.3, 0.4) is 0 Å². The van der Waals surface area contributed by atoms with Crippen LogP contribution < -0.4 is 10.6 Å². The fourth-order valence-corrected chi connectivity index (χ4v) is 5.52. The fourth-order valence-electron chi connectivity index (χ4n) is 4.00. The van der Waals surface area contributed by atoms with E-state index in [1.54, 1.807) is 24.3 Å². The van der Waals surface area contributed by atoms with Gasteiger partial charge in [-0.2, -0.15) is 4.31 Å². The Morgan fingerprint density at radius 1 is 1.07 bits per heavy atom. The van der Waals surface area contributed by atoms with Crippen LogP contribution in [-0.2, 0) is 14.8 Å². The van der Waals surface area contributed by atoms with E-state index < -0.39 is 10.0 Å². The van der Waals surface area contributed by atoms with Crippen molar-refractivity contribution < 1.29 is 13.2 Å². The van der Waals surface area contributed by atoms with Gasteiger partial charge in [-0.15, -0.1) is 0 Å². The molecule has 2 aliphatic rings. The molecule has 2 fully saturated rings. The molecule has 1 aliphatic heterocycles. The Hall–Kier alpha value is -1.44. The van der Waals surface area contributed by atoms with Crippen LogP contribution in [0.15, 0.2) is 29.2 Å². The van der Waals surface area contributed by atoms with Crippen molar-refractivity contribution in [3.05, 3.63) is 24.3 Å². The molecule has 0 bridgehead atoms. The maximum Gasteiger partial charge on any atom is 0.243 e. The molecule has 1 aliphatic carbocycles. The van der Waals surface area contributed by atoms with Gasteiger partial charge in [-0.05, 0) is 62.8 Å². The van der Waals surface area contributed by atoms with E-state index in [4.69, 9.17) is 0 Å². The van der Waals surface area contributed by atoms with Crippen LogP contribution in [0, 0.1) is 5.92 Å². The van der Waals surface area contributed by atoms with Crippen LogP contribution in [-0.4, -0.2) is 43.8 Å². The van der Waals surface area contributed by atoms with Gasteiger partial charge >= 0.3 is 0 Å². The predicted molar refractivity (Wildman–Crippen MR) is 107 cm³/mol. The van der Waals surface area contributed by atoms with E-state index in [0.29, 0.717) is 30.7 Å². The average molecular weight is 394 g/mol. The highest BCUT2D eigenvalue weighted by Gasteiger charge is 2.27. The lowest BCUT2D eigenvalue weighted by Gasteiger charge is -2.31. The Bertz CT molecular complexity index is 742. The topological polar surface area (TPSA) is 78.5 Å². The second-order valence-corrected chi connectivity index (χ2v) is 9.82. The molecule has 1 saturated heterocycles. The second kappa shape index (κ2) is 8.71. The van der Waals surface area contributed by atoms with Gasteiger partial charge in [0.25, 0.3) is 0 Å². The van der Waals surface area contributed by atoms with Gasteiger partial charge in [0, 0.05) is 24.8 Å². The highest BCUT2D eigenvalue weighted by atomic mass is 32.2. The van der Waals surface area contributed by atoms with Crippen LogP contribution in [0.4, 0.5) is 5.69 Å². The minimum atomic E-state index is -3.42. The molecule has 0 spiro atoms. The minimum absolute atomic E-state index is 0.0945. The molecular weight excluding hydrogens is 362 g/mol. The van der Waals surface area contributed by atoms with Crippen LogP contribution in [0.25, 0.3) is 0 Å². The molecule has 1 aromatic rings. The summed E-state index contributed by atoms with van der Waals surface area (Å²) >= 11 is 0. The molecule has 7 heteroatoms. The first-order valence-electron chi connectivity index (χ1n) is 10.0. The number of hydrogen-bond donors (Lipinski definition) is 2. The smallest absolute Gasteiger partial charge is 0.243 e. The number of amides is 1. The monoisotopic (exact) mass is 393 g/mol. The summed E-state index contributed by atoms with van der Waals surface area (Å²) in [4.78, 5) is 12.8. The third kappa shape index (κ3) is 4.89. The number of sulfonamides is 1. The van der Waals surface area contributed by atoms with Gasteiger partial charge in [0.1, 0.15) is 0 Å². The lowest BCUT2D eigenvalue weighted by atomic mass is 9.85. The molecule has 0 unspecified atom stereocenters. The van der Waals surface area contributed by atoms with Gasteiger partial charge in [-0.3, -0.25) is 4.79 Å². The van der Waals surface area contributed by atoms with Crippen molar-refractivity contribution in [2.75, 3.05) is 18.4 Å². The molecule has 6 nitrogen and oxygen atoms in total. The van der Waals surface area contributed by atoms with Gasteiger partial charge < -0.3 is 10.6 Å². The van der Waals surface area contributed by atoms with Crippen molar-refractivity contribution in [3.8, 4) is 0 Å². The lowest BCUT2D eigenvalue weighted by molar-refractivity contribution is -0.118. The number of rotatable bonds is 6. The lowest BCUT2D eigenvalue weighted by Crippen LogP contribution is -2.47. The maximum atomic E-state index is 12.6. The zero-order valence-electron chi connectivity index (χ0n) is 16.3. The molecule has 0 aromatic heterocycles. The molecule has 1 aromatic carbocycles. The summed E-state index contributed by atoms with van der Waals surface area (Å²) in [7, 11) is -3.42. The first kappa shape index (κ1) is 20.3. The summed E-state index contributed by atoms with van der Waals surface area (Å²) in [5.41, 5.74) is 0.616. The zero-order chi connectivity index (χ0) is 19.4. The summed E-state index contributed by atoms with van der Waals surface area (Å²) < 4.78 is 26.6. The number of nitrogens with zero attached hydrogens (tertiary/aromatic N) is 1. The Kier molecular flexibility index (Phi) is 6.55. The molecule has 3 rings (SSSR count). The van der Waals surface area contributed by atoms with Crippen LogP contribution >= 0.6 is 0 Å². The number of hydrogen-bond acceptors (Lipinski definition) is 4. The number of anilines is 1. The summed E-state index contributed by atoms with van der Waals surface area (Å²) in [6, 6.07) is 6.57. The number of carbonyl (C=O) groups excluding carboxylic acids is 1. The third-order valence-electron chi connectivity index (χ3n) is 5.79. The van der Waals surface area contributed by atoms with E-state index in [2.05, 4.69) is 17.6 Å². The van der Waals surface area contributed by atoms with E-state index in [0.717, 1.165) is 19.3 Å². The van der Waals surface area contributed by atoms with E-state index in [1.165, 1.54) is 23.6 Å². The minimum Gasteiger partial charge on any atom is -0.325 e. The highest BCUT2D eigenvalue weighted by molar-refractivity contribution is 7.89. The SMILES string of the molecule is C[C@H](N[C@@H]1CCCC[C@H]1C)C(=O)Nc1ccc(S(=O)(=O)N2CCCC2)cc1. The highest BCUT2D eigenvalue weighted by Crippen LogP contribution is 2.25. The predicted octanol–water partition coefficient (Wildman–Crippen LogP) is 2.97. The van der Waals surface area contributed by atoms with E-state index >= 15 is 0 Å². The van der Waals surface area contributed by atoms with Crippen molar-refractivity contribution in [1.82, 2.24) is 9.62 Å². The number of benzene rings is 1. The number of carbonyl (C=O) groups is 1. The fraction of sp³-hybridized carbons (Fsp3) is 0.650. The van der Waals surface area contributed by atoms with Crippen molar-refractivity contribution >= 4 is 21.6 Å². The molecule has 0 radical (unpaired) electrons. The molecule has 1 amide bonds. The quantitative estimate of drug-likeness (QED) is 0.779. The van der Waals surface area contributed by atoms with Crippen LogP contribution in [0.5, 0.6) is 0 Å². The molecule has 3 atom stereocenters. The van der Waals surface area contributed by atoms with Crippen molar-refractivity contribution in [2.24, 2.45) is 5.92 Å². The van der Waals surface area contributed by atoms with Crippen LogP contribution in [0.2, 0.25) is 0 Å². The standard InChI is InChI=1S/C20H31N3O3S/c1-15-7-3-4-8-19(15)21-16(2)20(24)22-17-9-11-18(12-10-17)27(25,26)23-13-5-6-14-23/h9-12,15-16,19,21H,3-8,13-14H2,1-2H3,(H,22,24)/t15-,16+,19-/m1/s1. The second-order valence-electron chi connectivity index (χ2n) is 7.88. The molecular formula is C20H31N3O3S. The molecule has 2 N–H and O–H groups in total. The van der Waals surface area contributed by atoms with E-state index in [1.807, 2.05) is 6.92 Å². The molecule has 27 heavy (non-hydrogen) atoms. The Morgan fingerprint density at radius 2 is 1.70 bits per heavy atom. The largest absolute Gasteiger partial charge is 0.325 e. The average Bonchev–Trinajstić information content (AvgIpc) is 3.19. The van der Waals surface area contributed by atoms with Crippen molar-refractivity contribution in [2.45, 2.75) is 69.4 Å². The zero-order valence-corrected chi connectivity index (χ0v) is 17.1. The van der Waals surface area contributed by atoms with Crippen molar-refractivity contribution in [3.63, 3.8) is 0 Å². The summed E-state index contributed by atoms with van der Waals surface area (Å²) in [5.74, 6) is 0.493. The summed E-state index contributed by atoms with van der Waals surface area (Å²) in [6.45, 7) is 5.29. The van der Waals surface area contributed by atoms with Crippen LogP contribution in [0.1, 0.15) is 52.4 Å². The van der Waals surface area contributed by atoms with Gasteiger partial charge in [-0.25, -0.2) is 8.42 Å². The third-order valence-corrected chi connectivity index (χ3v) is 7.71. The Balaban J connectivity index is 1.58. The molecule has 1 saturated carbocycles. The summed E-state index contributed by atoms with van der Waals surface area (Å²) in [6.07, 6.45) is 6.63. The van der Waals surface area contributed by atoms with E-state index in [-0.39, 0.29) is 16.8 Å². The first-order valence-corrected chi connectivity index (χ1v) is 11.5. The Labute approximate surface area is 162 Å². The molecule has 150 valence electrons. The first-order chi connectivity index (χ1) is 12.9. The van der Waals surface area contributed by atoms with E-state index in [9.17, 15) is 13.2 Å². The Morgan fingerprint density at radius 3 is 2.33 bits per heavy atom. The number of nitrogens with one attached hydrogen (secondary N) is 2. The molecule has 1 heterocycles.